The first-order valence-electron chi connectivity index (χ1n) is 8.35. The van der Waals surface area contributed by atoms with Crippen molar-refractivity contribution in [3.05, 3.63) is 64.1 Å². The summed E-state index contributed by atoms with van der Waals surface area (Å²) in [5, 5.41) is 12.2. The summed E-state index contributed by atoms with van der Waals surface area (Å²) in [6, 6.07) is 11.1. The predicted octanol–water partition coefficient (Wildman–Crippen LogP) is 2.29. The molecule has 1 amide bonds. The van der Waals surface area contributed by atoms with E-state index in [0.29, 0.717) is 6.54 Å². The zero-order valence-electron chi connectivity index (χ0n) is 14.9. The Morgan fingerprint density at radius 2 is 1.72 bits per heavy atom. The molecule has 0 saturated carbocycles. The summed E-state index contributed by atoms with van der Waals surface area (Å²) in [5.74, 6) is -0.855. The van der Waals surface area contributed by atoms with Gasteiger partial charge in [0.15, 0.2) is 11.4 Å². The summed E-state index contributed by atoms with van der Waals surface area (Å²) < 4.78 is 1.60. The number of hydrogen-bond donors (Lipinski definition) is 1. The number of aromatic hydroxyl groups is 1. The Morgan fingerprint density at radius 3 is 2.32 bits per heavy atom. The second kappa shape index (κ2) is 5.95. The van der Waals surface area contributed by atoms with Crippen molar-refractivity contribution < 1.29 is 9.90 Å². The first kappa shape index (κ1) is 17.1. The van der Waals surface area contributed by atoms with Crippen LogP contribution in [-0.2, 0) is 6.54 Å². The van der Waals surface area contributed by atoms with Crippen molar-refractivity contribution in [1.29, 1.82) is 0 Å². The Hall–Kier alpha value is -2.76. The second-order valence-electron chi connectivity index (χ2n) is 7.03. The molecule has 132 valence electrons. The Kier molecular flexibility index (Phi) is 4.06. The quantitative estimate of drug-likeness (QED) is 0.930. The summed E-state index contributed by atoms with van der Waals surface area (Å²) in [4.78, 5) is 26.6. The average Bonchev–Trinajstić information content (AvgIpc) is 2.54. The Bertz CT molecular complexity index is 856. The molecule has 0 bridgehead atoms. The minimum Gasteiger partial charge on any atom is -0.502 e. The number of pyridine rings is 1. The standard InChI is InChI=1S/C19H23N3O3/c1-13(2)22-18(25)16-17(24)15(23)10-11-20(16)21(19(22,3)4)12-14-8-6-5-7-9-14/h5-11,13,24H,12H2,1-4H3. The molecular weight excluding hydrogens is 318 g/mol. The molecule has 0 atom stereocenters. The van der Waals surface area contributed by atoms with Gasteiger partial charge in [0.05, 0.1) is 6.54 Å². The van der Waals surface area contributed by atoms with Crippen LogP contribution in [0.1, 0.15) is 43.7 Å². The highest BCUT2D eigenvalue weighted by Crippen LogP contribution is 2.32. The van der Waals surface area contributed by atoms with Gasteiger partial charge in [0.25, 0.3) is 5.91 Å². The lowest BCUT2D eigenvalue weighted by Crippen LogP contribution is -2.68. The minimum absolute atomic E-state index is 0.0106. The van der Waals surface area contributed by atoms with Gasteiger partial charge >= 0.3 is 0 Å². The molecule has 0 radical (unpaired) electrons. The van der Waals surface area contributed by atoms with Crippen molar-refractivity contribution in [3.8, 4) is 5.75 Å². The first-order valence-corrected chi connectivity index (χ1v) is 8.35. The molecule has 0 spiro atoms. The summed E-state index contributed by atoms with van der Waals surface area (Å²) in [6.07, 6.45) is 1.55. The van der Waals surface area contributed by atoms with Crippen LogP contribution in [0.2, 0.25) is 0 Å². The van der Waals surface area contributed by atoms with Gasteiger partial charge in [-0.2, -0.15) is 0 Å². The van der Waals surface area contributed by atoms with E-state index < -0.39 is 16.8 Å². The number of carbonyl (C=O) groups excluding carboxylic acids is 1. The van der Waals surface area contributed by atoms with Gasteiger partial charge in [0.1, 0.15) is 5.66 Å². The molecule has 2 heterocycles. The van der Waals surface area contributed by atoms with E-state index in [-0.39, 0.29) is 17.6 Å². The van der Waals surface area contributed by atoms with Crippen LogP contribution in [0, 0.1) is 0 Å². The molecular formula is C19H23N3O3. The molecule has 0 aliphatic carbocycles. The van der Waals surface area contributed by atoms with E-state index in [4.69, 9.17) is 0 Å². The maximum Gasteiger partial charge on any atom is 0.278 e. The van der Waals surface area contributed by atoms with Crippen LogP contribution < -0.4 is 10.4 Å². The molecule has 1 aromatic heterocycles. The van der Waals surface area contributed by atoms with Gasteiger partial charge in [-0.1, -0.05) is 30.3 Å². The van der Waals surface area contributed by atoms with Gasteiger partial charge in [-0.25, -0.2) is 0 Å². The number of fused-ring (bicyclic) bond motifs is 1. The fraction of sp³-hybridized carbons (Fsp3) is 0.368. The SMILES string of the molecule is CC(C)N1C(=O)c2c(O)c(=O)ccn2N(Cc2ccccc2)C1(C)C. The Morgan fingerprint density at radius 1 is 1.08 bits per heavy atom. The summed E-state index contributed by atoms with van der Waals surface area (Å²) >= 11 is 0. The van der Waals surface area contributed by atoms with E-state index in [2.05, 4.69) is 0 Å². The van der Waals surface area contributed by atoms with Crippen molar-refractivity contribution in [3.63, 3.8) is 0 Å². The summed E-state index contributed by atoms with van der Waals surface area (Å²) in [6.45, 7) is 8.31. The lowest BCUT2D eigenvalue weighted by atomic mass is 10.0. The van der Waals surface area contributed by atoms with Crippen LogP contribution in [0.4, 0.5) is 0 Å². The number of nitrogens with zero attached hydrogens (tertiary/aromatic N) is 3. The Balaban J connectivity index is 2.21. The van der Waals surface area contributed by atoms with E-state index in [9.17, 15) is 14.7 Å². The smallest absolute Gasteiger partial charge is 0.278 e. The number of rotatable bonds is 3. The van der Waals surface area contributed by atoms with Crippen LogP contribution in [0.15, 0.2) is 47.4 Å². The van der Waals surface area contributed by atoms with Crippen molar-refractivity contribution in [1.82, 2.24) is 9.58 Å². The fourth-order valence-corrected chi connectivity index (χ4v) is 3.56. The van der Waals surface area contributed by atoms with Gasteiger partial charge in [-0.05, 0) is 33.3 Å². The normalized spacial score (nSPS) is 16.3. The second-order valence-corrected chi connectivity index (χ2v) is 7.03. The third-order valence-electron chi connectivity index (χ3n) is 4.65. The summed E-state index contributed by atoms with van der Waals surface area (Å²) in [7, 11) is 0. The third kappa shape index (κ3) is 2.67. The van der Waals surface area contributed by atoms with Crippen LogP contribution >= 0.6 is 0 Å². The van der Waals surface area contributed by atoms with Crippen LogP contribution in [0.5, 0.6) is 5.75 Å². The van der Waals surface area contributed by atoms with Crippen molar-refractivity contribution in [2.75, 3.05) is 5.01 Å². The third-order valence-corrected chi connectivity index (χ3v) is 4.65. The van der Waals surface area contributed by atoms with Gasteiger partial charge in [-0.15, -0.1) is 0 Å². The molecule has 6 heteroatoms. The zero-order chi connectivity index (χ0) is 18.4. The van der Waals surface area contributed by atoms with Crippen molar-refractivity contribution >= 4 is 5.91 Å². The molecule has 25 heavy (non-hydrogen) atoms. The zero-order valence-corrected chi connectivity index (χ0v) is 14.9. The molecule has 0 saturated heterocycles. The molecule has 0 unspecified atom stereocenters. The van der Waals surface area contributed by atoms with Gasteiger partial charge in [-0.3, -0.25) is 19.3 Å². The number of aromatic nitrogens is 1. The van der Waals surface area contributed by atoms with E-state index in [1.807, 2.05) is 63.0 Å². The highest BCUT2D eigenvalue weighted by molar-refractivity contribution is 5.97. The molecule has 1 aliphatic heterocycles. The van der Waals surface area contributed by atoms with E-state index in [0.717, 1.165) is 5.56 Å². The van der Waals surface area contributed by atoms with Crippen LogP contribution in [0.25, 0.3) is 0 Å². The molecule has 2 aromatic rings. The highest BCUT2D eigenvalue weighted by Gasteiger charge is 2.46. The minimum atomic E-state index is -0.643. The summed E-state index contributed by atoms with van der Waals surface area (Å²) in [5.41, 5.74) is -0.118. The number of benzene rings is 1. The van der Waals surface area contributed by atoms with Gasteiger partial charge in [0.2, 0.25) is 5.43 Å². The molecule has 0 fully saturated rings. The van der Waals surface area contributed by atoms with E-state index in [1.165, 1.54) is 6.07 Å². The molecule has 6 nitrogen and oxygen atoms in total. The monoisotopic (exact) mass is 341 g/mol. The average molecular weight is 341 g/mol. The van der Waals surface area contributed by atoms with E-state index >= 15 is 0 Å². The topological polar surface area (TPSA) is 65.8 Å². The lowest BCUT2D eigenvalue weighted by Gasteiger charge is -2.53. The maximum absolute atomic E-state index is 13.0. The van der Waals surface area contributed by atoms with Crippen LogP contribution in [-0.4, -0.2) is 32.3 Å². The molecule has 1 N–H and O–H groups in total. The maximum atomic E-state index is 13.0. The van der Waals surface area contributed by atoms with Crippen molar-refractivity contribution in [2.45, 2.75) is 45.9 Å². The number of carbonyl (C=O) groups is 1. The molecule has 1 aromatic carbocycles. The Labute approximate surface area is 146 Å². The van der Waals surface area contributed by atoms with Gasteiger partial charge < -0.3 is 10.0 Å². The number of amides is 1. The first-order chi connectivity index (χ1) is 11.7. The highest BCUT2D eigenvalue weighted by atomic mass is 16.3. The largest absolute Gasteiger partial charge is 0.502 e. The predicted molar refractivity (Wildman–Crippen MR) is 96.1 cm³/mol. The van der Waals surface area contributed by atoms with Crippen LogP contribution in [0.3, 0.4) is 0 Å². The van der Waals surface area contributed by atoms with Crippen molar-refractivity contribution in [2.24, 2.45) is 0 Å². The van der Waals surface area contributed by atoms with Gasteiger partial charge in [0, 0.05) is 18.3 Å². The lowest BCUT2D eigenvalue weighted by molar-refractivity contribution is 0.0246. The fourth-order valence-electron chi connectivity index (χ4n) is 3.56. The number of hydrogen-bond acceptors (Lipinski definition) is 4. The molecule has 3 rings (SSSR count). The molecule has 1 aliphatic rings. The van der Waals surface area contributed by atoms with E-state index in [1.54, 1.807) is 15.8 Å².